The molecule has 0 aliphatic rings. The van der Waals surface area contributed by atoms with Crippen LogP contribution >= 0.6 is 0 Å². The van der Waals surface area contributed by atoms with Crippen molar-refractivity contribution >= 4 is 5.83 Å². The molecule has 1 aromatic rings. The van der Waals surface area contributed by atoms with Crippen molar-refractivity contribution in [1.29, 1.82) is 0 Å². The van der Waals surface area contributed by atoms with E-state index in [9.17, 15) is 22.0 Å². The standard InChI is InChI=1S/C10H9F5N2O.C2H6/c1-2-6(11)7-3-17-8(4-16-7)18-5-10(14,15)9(12)13;1-2/h2-4,9H,5H2,1H3;1-2H3/b6-2-;. The summed E-state index contributed by atoms with van der Waals surface area (Å²) in [6, 6.07) is 0. The molecule has 1 aromatic heterocycles. The number of nitrogens with zero attached hydrogens (tertiary/aromatic N) is 2. The molecule has 0 aliphatic heterocycles. The van der Waals surface area contributed by atoms with E-state index in [-0.39, 0.29) is 11.6 Å². The summed E-state index contributed by atoms with van der Waals surface area (Å²) >= 11 is 0. The fraction of sp³-hybridized carbons (Fsp3) is 0.500. The Morgan fingerprint density at radius 1 is 1.30 bits per heavy atom. The summed E-state index contributed by atoms with van der Waals surface area (Å²) in [7, 11) is 0. The minimum absolute atomic E-state index is 0.106. The van der Waals surface area contributed by atoms with Crippen LogP contribution in [0.15, 0.2) is 18.5 Å². The zero-order valence-corrected chi connectivity index (χ0v) is 11.2. The number of ether oxygens (including phenoxy) is 1. The number of aromatic nitrogens is 2. The molecule has 0 saturated carbocycles. The van der Waals surface area contributed by atoms with Crippen molar-refractivity contribution in [1.82, 2.24) is 9.97 Å². The lowest BCUT2D eigenvalue weighted by molar-refractivity contribution is -0.148. The predicted molar refractivity (Wildman–Crippen MR) is 64.6 cm³/mol. The molecule has 1 heterocycles. The lowest BCUT2D eigenvalue weighted by Gasteiger charge is -2.15. The molecule has 20 heavy (non-hydrogen) atoms. The Morgan fingerprint density at radius 2 is 1.90 bits per heavy atom. The molecule has 0 fully saturated rings. The Kier molecular flexibility index (Phi) is 7.71. The van der Waals surface area contributed by atoms with Gasteiger partial charge in [0.1, 0.15) is 11.5 Å². The van der Waals surface area contributed by atoms with Crippen LogP contribution in [0.5, 0.6) is 5.88 Å². The Bertz CT molecular complexity index is 420. The lowest BCUT2D eigenvalue weighted by Crippen LogP contribution is -2.33. The van der Waals surface area contributed by atoms with Crippen LogP contribution in [-0.2, 0) is 0 Å². The number of hydrogen-bond donors (Lipinski definition) is 0. The number of hydrogen-bond acceptors (Lipinski definition) is 3. The maximum Gasteiger partial charge on any atom is 0.340 e. The van der Waals surface area contributed by atoms with Crippen molar-refractivity contribution < 1.29 is 26.7 Å². The van der Waals surface area contributed by atoms with Crippen LogP contribution in [0.4, 0.5) is 22.0 Å². The van der Waals surface area contributed by atoms with Gasteiger partial charge in [-0.25, -0.2) is 23.1 Å². The van der Waals surface area contributed by atoms with Gasteiger partial charge in [-0.3, -0.25) is 0 Å². The van der Waals surface area contributed by atoms with Crippen molar-refractivity contribution in [3.63, 3.8) is 0 Å². The zero-order valence-electron chi connectivity index (χ0n) is 11.2. The van der Waals surface area contributed by atoms with Crippen molar-refractivity contribution in [3.8, 4) is 5.88 Å². The molecule has 0 aliphatic carbocycles. The molecule has 114 valence electrons. The van der Waals surface area contributed by atoms with Gasteiger partial charge in [-0.1, -0.05) is 13.8 Å². The number of alkyl halides is 4. The smallest absolute Gasteiger partial charge is 0.340 e. The van der Waals surface area contributed by atoms with Gasteiger partial charge in [0.05, 0.1) is 12.4 Å². The fourth-order valence-electron chi connectivity index (χ4n) is 0.895. The highest BCUT2D eigenvalue weighted by molar-refractivity contribution is 5.53. The third-order valence-corrected chi connectivity index (χ3v) is 1.86. The monoisotopic (exact) mass is 298 g/mol. The molecular weight excluding hydrogens is 283 g/mol. The average molecular weight is 298 g/mol. The van der Waals surface area contributed by atoms with Crippen molar-refractivity contribution in [2.24, 2.45) is 0 Å². The summed E-state index contributed by atoms with van der Waals surface area (Å²) in [5.74, 6) is -5.30. The lowest BCUT2D eigenvalue weighted by atomic mass is 10.4. The van der Waals surface area contributed by atoms with E-state index in [1.807, 2.05) is 13.8 Å². The van der Waals surface area contributed by atoms with Crippen LogP contribution in [-0.4, -0.2) is 28.9 Å². The second-order valence-corrected chi connectivity index (χ2v) is 3.23. The van der Waals surface area contributed by atoms with Crippen LogP contribution in [0.1, 0.15) is 26.5 Å². The first-order valence-corrected chi connectivity index (χ1v) is 5.80. The second kappa shape index (κ2) is 8.44. The first kappa shape index (κ1) is 18.3. The largest absolute Gasteiger partial charge is 0.470 e. The first-order chi connectivity index (χ1) is 9.36. The van der Waals surface area contributed by atoms with Gasteiger partial charge in [-0.15, -0.1) is 0 Å². The molecule has 0 spiro atoms. The first-order valence-electron chi connectivity index (χ1n) is 5.80. The minimum atomic E-state index is -4.27. The van der Waals surface area contributed by atoms with Crippen LogP contribution in [0.2, 0.25) is 0 Å². The molecule has 0 aromatic carbocycles. The molecule has 8 heteroatoms. The molecular formula is C12H15F5N2O. The molecule has 0 radical (unpaired) electrons. The molecule has 0 bridgehead atoms. The third-order valence-electron chi connectivity index (χ3n) is 1.86. The van der Waals surface area contributed by atoms with E-state index in [0.29, 0.717) is 0 Å². The second-order valence-electron chi connectivity index (χ2n) is 3.23. The van der Waals surface area contributed by atoms with E-state index in [1.165, 1.54) is 6.92 Å². The van der Waals surface area contributed by atoms with Crippen LogP contribution < -0.4 is 4.74 Å². The van der Waals surface area contributed by atoms with Crippen molar-refractivity contribution in [2.45, 2.75) is 33.1 Å². The quantitative estimate of drug-likeness (QED) is 0.767. The van der Waals surface area contributed by atoms with Gasteiger partial charge in [-0.05, 0) is 13.0 Å². The average Bonchev–Trinajstić information content (AvgIpc) is 2.47. The van der Waals surface area contributed by atoms with Gasteiger partial charge >= 0.3 is 12.3 Å². The van der Waals surface area contributed by atoms with Crippen LogP contribution in [0.25, 0.3) is 5.83 Å². The van der Waals surface area contributed by atoms with Gasteiger partial charge in [0.2, 0.25) is 5.88 Å². The van der Waals surface area contributed by atoms with E-state index < -0.39 is 24.8 Å². The summed E-state index contributed by atoms with van der Waals surface area (Å²) < 4.78 is 66.0. The normalized spacial score (nSPS) is 11.9. The highest BCUT2D eigenvalue weighted by Gasteiger charge is 2.41. The van der Waals surface area contributed by atoms with E-state index in [4.69, 9.17) is 0 Å². The van der Waals surface area contributed by atoms with E-state index >= 15 is 0 Å². The maximum absolute atomic E-state index is 13.0. The van der Waals surface area contributed by atoms with Crippen LogP contribution in [0.3, 0.4) is 0 Å². The Morgan fingerprint density at radius 3 is 2.30 bits per heavy atom. The van der Waals surface area contributed by atoms with Crippen molar-refractivity contribution in [2.75, 3.05) is 6.61 Å². The summed E-state index contributed by atoms with van der Waals surface area (Å²) in [4.78, 5) is 7.00. The zero-order chi connectivity index (χ0) is 15.8. The SMILES string of the molecule is C/C=C(\F)c1cnc(OCC(F)(F)C(F)F)cn1.CC. The van der Waals surface area contributed by atoms with Gasteiger partial charge in [-0.2, -0.15) is 8.78 Å². The molecule has 1 rings (SSSR count). The molecule has 0 N–H and O–H groups in total. The molecule has 0 saturated heterocycles. The van der Waals surface area contributed by atoms with E-state index in [2.05, 4.69) is 14.7 Å². The summed E-state index contributed by atoms with van der Waals surface area (Å²) in [6.45, 7) is 3.91. The van der Waals surface area contributed by atoms with Crippen molar-refractivity contribution in [3.05, 3.63) is 24.2 Å². The number of halogens is 5. The van der Waals surface area contributed by atoms with Gasteiger partial charge in [0.15, 0.2) is 6.61 Å². The van der Waals surface area contributed by atoms with E-state index in [1.54, 1.807) is 0 Å². The van der Waals surface area contributed by atoms with E-state index in [0.717, 1.165) is 18.5 Å². The van der Waals surface area contributed by atoms with Gasteiger partial charge in [0.25, 0.3) is 0 Å². The summed E-state index contributed by atoms with van der Waals surface area (Å²) in [6.07, 6.45) is -0.870. The maximum atomic E-state index is 13.0. The predicted octanol–water partition coefficient (Wildman–Crippen LogP) is 4.11. The highest BCUT2D eigenvalue weighted by atomic mass is 19.3. The summed E-state index contributed by atoms with van der Waals surface area (Å²) in [5, 5.41) is 0. The fourth-order valence-corrected chi connectivity index (χ4v) is 0.895. The highest BCUT2D eigenvalue weighted by Crippen LogP contribution is 2.23. The van der Waals surface area contributed by atoms with Gasteiger partial charge in [0, 0.05) is 0 Å². The minimum Gasteiger partial charge on any atom is -0.470 e. The topological polar surface area (TPSA) is 35.0 Å². The molecule has 3 nitrogen and oxygen atoms in total. The number of rotatable bonds is 5. The molecule has 0 atom stereocenters. The van der Waals surface area contributed by atoms with Crippen LogP contribution in [0, 0.1) is 0 Å². The Hall–Kier alpha value is -1.73. The Balaban J connectivity index is 0.00000172. The summed E-state index contributed by atoms with van der Waals surface area (Å²) in [5.41, 5.74) is -0.106. The third kappa shape index (κ3) is 5.50. The molecule has 0 unspecified atom stereocenters. The Labute approximate surface area is 113 Å². The molecule has 0 amide bonds. The number of allylic oxidation sites excluding steroid dienone is 1. The van der Waals surface area contributed by atoms with Gasteiger partial charge < -0.3 is 4.74 Å².